The number of carbonyl (C=O) groups excluding carboxylic acids is 2. The topological polar surface area (TPSA) is 83.4 Å². The van der Waals surface area contributed by atoms with E-state index in [1.54, 1.807) is 14.2 Å². The molecule has 7 heteroatoms. The Morgan fingerprint density at radius 2 is 1.62 bits per heavy atom. The van der Waals surface area contributed by atoms with Crippen molar-refractivity contribution in [3.63, 3.8) is 0 Å². The lowest BCUT2D eigenvalue weighted by atomic mass is 9.71. The summed E-state index contributed by atoms with van der Waals surface area (Å²) in [5, 5.41) is 0. The summed E-state index contributed by atoms with van der Waals surface area (Å²) in [4.78, 5) is 31.6. The minimum absolute atomic E-state index is 0.0267. The summed E-state index contributed by atoms with van der Waals surface area (Å²) >= 11 is 0. The molecule has 40 heavy (non-hydrogen) atoms. The van der Waals surface area contributed by atoms with Crippen LogP contribution in [0.4, 0.5) is 0 Å². The van der Waals surface area contributed by atoms with Crippen molar-refractivity contribution in [3.8, 4) is 17.2 Å². The molecule has 5 rings (SSSR count). The summed E-state index contributed by atoms with van der Waals surface area (Å²) < 4.78 is 22.8. The third-order valence-electron chi connectivity index (χ3n) is 7.41. The average molecular weight is 540 g/mol. The van der Waals surface area contributed by atoms with E-state index in [-0.39, 0.29) is 12.4 Å². The Bertz CT molecular complexity index is 1440. The van der Waals surface area contributed by atoms with Crippen molar-refractivity contribution < 1.29 is 28.5 Å². The van der Waals surface area contributed by atoms with E-state index in [0.29, 0.717) is 42.2 Å². The molecule has 3 aromatic rings. The quantitative estimate of drug-likeness (QED) is 0.301. The Hall–Kier alpha value is -4.39. The molecule has 0 saturated heterocycles. The van der Waals surface area contributed by atoms with Gasteiger partial charge in [-0.1, -0.05) is 48.5 Å². The molecule has 0 bridgehead atoms. The number of esters is 1. The number of hydrogen-bond acceptors (Lipinski definition) is 7. The largest absolute Gasteiger partial charge is 0.497 e. The average Bonchev–Trinajstić information content (AvgIpc) is 2.99. The van der Waals surface area contributed by atoms with E-state index in [4.69, 9.17) is 23.9 Å². The van der Waals surface area contributed by atoms with Gasteiger partial charge in [-0.2, -0.15) is 0 Å². The second-order valence-corrected chi connectivity index (χ2v) is 9.99. The maximum atomic E-state index is 13.6. The molecule has 2 atom stereocenters. The minimum Gasteiger partial charge on any atom is -0.497 e. The summed E-state index contributed by atoms with van der Waals surface area (Å²) in [6, 6.07) is 22.8. The molecule has 206 valence electrons. The van der Waals surface area contributed by atoms with E-state index in [1.807, 2.05) is 79.7 Å². The number of rotatable bonds is 9. The van der Waals surface area contributed by atoms with Gasteiger partial charge in [0.1, 0.15) is 24.9 Å². The van der Waals surface area contributed by atoms with E-state index in [0.717, 1.165) is 34.6 Å². The summed E-state index contributed by atoms with van der Waals surface area (Å²) in [5.41, 5.74) is 4.67. The molecular formula is C33H33NO6. The van der Waals surface area contributed by atoms with Crippen molar-refractivity contribution in [2.45, 2.75) is 45.3 Å². The molecule has 1 heterocycles. The summed E-state index contributed by atoms with van der Waals surface area (Å²) in [5.74, 6) is 0.184. The number of carbonyl (C=O) groups is 2. The number of allylic oxidation sites excluding steroid dienone is 2. The van der Waals surface area contributed by atoms with Gasteiger partial charge in [0.25, 0.3) is 0 Å². The summed E-state index contributed by atoms with van der Waals surface area (Å²) in [6.07, 6.45) is 1.90. The zero-order chi connectivity index (χ0) is 28.1. The Morgan fingerprint density at radius 1 is 0.875 bits per heavy atom. The third kappa shape index (κ3) is 5.78. The highest BCUT2D eigenvalue weighted by atomic mass is 16.5. The van der Waals surface area contributed by atoms with E-state index in [1.165, 1.54) is 0 Å². The monoisotopic (exact) mass is 539 g/mol. The lowest BCUT2D eigenvalue weighted by Gasteiger charge is -2.34. The lowest BCUT2D eigenvalue weighted by molar-refractivity contribution is -0.148. The number of aliphatic imine (C=N–C) groups is 1. The maximum Gasteiger partial charge on any atom is 0.315 e. The van der Waals surface area contributed by atoms with Gasteiger partial charge in [-0.25, -0.2) is 0 Å². The molecular weight excluding hydrogens is 506 g/mol. The van der Waals surface area contributed by atoms with E-state index in [2.05, 4.69) is 0 Å². The molecule has 3 aromatic carbocycles. The van der Waals surface area contributed by atoms with Crippen LogP contribution in [0.2, 0.25) is 0 Å². The Labute approximate surface area is 234 Å². The van der Waals surface area contributed by atoms with Gasteiger partial charge in [0.2, 0.25) is 0 Å². The molecule has 0 amide bonds. The molecule has 1 unspecified atom stereocenters. The first-order valence-electron chi connectivity index (χ1n) is 13.4. The molecule has 0 N–H and O–H groups in total. The minimum atomic E-state index is -0.736. The van der Waals surface area contributed by atoms with Crippen molar-refractivity contribution in [2.75, 3.05) is 14.2 Å². The molecule has 0 saturated carbocycles. The molecule has 1 aliphatic carbocycles. The number of nitrogens with zero attached hydrogens (tertiary/aromatic N) is 1. The standard InChI is InChI=1S/C33H33NO6/c1-21-30(33(36)40-20-23-12-15-25(37-2)16-13-23)31(32-26(34-21)10-7-11-27(32)35)24-14-17-28(29(18-24)38-3)39-19-22-8-5-4-6-9-22/h4-6,8-9,12-18,30-31H,7,10-11,19-20H2,1-3H3/t30?,31-/m0/s1. The molecule has 2 aliphatic rings. The highest BCUT2D eigenvalue weighted by Gasteiger charge is 2.43. The van der Waals surface area contributed by atoms with Gasteiger partial charge >= 0.3 is 5.97 Å². The Morgan fingerprint density at radius 3 is 2.35 bits per heavy atom. The first-order chi connectivity index (χ1) is 19.5. The molecule has 0 aromatic heterocycles. The number of Topliss-reactive ketones (excluding diaryl/α,β-unsaturated/α-hetero) is 1. The van der Waals surface area contributed by atoms with Crippen molar-refractivity contribution in [1.29, 1.82) is 0 Å². The fourth-order valence-corrected chi connectivity index (χ4v) is 5.37. The van der Waals surface area contributed by atoms with Gasteiger partial charge < -0.3 is 18.9 Å². The Balaban J connectivity index is 1.44. The molecule has 1 aliphatic heterocycles. The SMILES string of the molecule is COc1ccc(COC(=O)C2C(C)=NC3=C(C(=O)CCC3)[C@H]2c2ccc(OCc3ccccc3)c(OC)c2)cc1. The first-order valence-corrected chi connectivity index (χ1v) is 13.4. The third-order valence-corrected chi connectivity index (χ3v) is 7.41. The fourth-order valence-electron chi connectivity index (χ4n) is 5.37. The summed E-state index contributed by atoms with van der Waals surface area (Å²) in [7, 11) is 3.19. The second kappa shape index (κ2) is 12.2. The van der Waals surface area contributed by atoms with Crippen molar-refractivity contribution >= 4 is 17.5 Å². The Kier molecular flexibility index (Phi) is 8.29. The zero-order valence-electron chi connectivity index (χ0n) is 23.0. The zero-order valence-corrected chi connectivity index (χ0v) is 23.0. The lowest BCUT2D eigenvalue weighted by Crippen LogP contribution is -2.37. The van der Waals surface area contributed by atoms with Crippen LogP contribution in [0, 0.1) is 5.92 Å². The van der Waals surface area contributed by atoms with Crippen LogP contribution in [0.3, 0.4) is 0 Å². The number of benzene rings is 3. The van der Waals surface area contributed by atoms with Gasteiger partial charge in [0.15, 0.2) is 17.3 Å². The second-order valence-electron chi connectivity index (χ2n) is 9.99. The number of ether oxygens (including phenoxy) is 4. The number of methoxy groups -OCH3 is 2. The van der Waals surface area contributed by atoms with Gasteiger partial charge in [-0.3, -0.25) is 14.6 Å². The van der Waals surface area contributed by atoms with E-state index < -0.39 is 17.8 Å². The highest BCUT2D eigenvalue weighted by Crippen LogP contribution is 2.45. The molecule has 7 nitrogen and oxygen atoms in total. The molecule has 0 spiro atoms. The molecule has 0 fully saturated rings. The van der Waals surface area contributed by atoms with E-state index in [9.17, 15) is 9.59 Å². The predicted octanol–water partition coefficient (Wildman–Crippen LogP) is 6.21. The number of ketones is 1. The number of hydrogen-bond donors (Lipinski definition) is 0. The van der Waals surface area contributed by atoms with Crippen LogP contribution in [-0.2, 0) is 27.5 Å². The van der Waals surface area contributed by atoms with Crippen LogP contribution in [0.1, 0.15) is 48.8 Å². The first kappa shape index (κ1) is 27.2. The van der Waals surface area contributed by atoms with Crippen molar-refractivity contribution in [3.05, 3.63) is 101 Å². The van der Waals surface area contributed by atoms with Gasteiger partial charge in [0, 0.05) is 29.3 Å². The molecule has 0 radical (unpaired) electrons. The normalized spacial score (nSPS) is 18.5. The predicted molar refractivity (Wildman–Crippen MR) is 152 cm³/mol. The van der Waals surface area contributed by atoms with Crippen LogP contribution in [0.5, 0.6) is 17.2 Å². The van der Waals surface area contributed by atoms with Crippen molar-refractivity contribution in [1.82, 2.24) is 0 Å². The van der Waals surface area contributed by atoms with Crippen LogP contribution >= 0.6 is 0 Å². The fraction of sp³-hybridized carbons (Fsp3) is 0.303. The van der Waals surface area contributed by atoms with Crippen LogP contribution in [0.15, 0.2) is 89.1 Å². The maximum absolute atomic E-state index is 13.6. The highest BCUT2D eigenvalue weighted by molar-refractivity contribution is 6.08. The van der Waals surface area contributed by atoms with Gasteiger partial charge in [-0.15, -0.1) is 0 Å². The summed E-state index contributed by atoms with van der Waals surface area (Å²) in [6.45, 7) is 2.33. The van der Waals surface area contributed by atoms with Crippen LogP contribution in [-0.4, -0.2) is 31.7 Å². The van der Waals surface area contributed by atoms with E-state index >= 15 is 0 Å². The van der Waals surface area contributed by atoms with Gasteiger partial charge in [0.05, 0.1) is 14.2 Å². The smallest absolute Gasteiger partial charge is 0.315 e. The van der Waals surface area contributed by atoms with Crippen LogP contribution in [0.25, 0.3) is 0 Å². The van der Waals surface area contributed by atoms with Crippen molar-refractivity contribution in [2.24, 2.45) is 10.9 Å². The van der Waals surface area contributed by atoms with Crippen LogP contribution < -0.4 is 14.2 Å². The van der Waals surface area contributed by atoms with Gasteiger partial charge in [-0.05, 0) is 60.7 Å².